The van der Waals surface area contributed by atoms with Gasteiger partial charge in [-0.15, -0.1) is 11.3 Å². The molecule has 2 aromatic heterocycles. The number of carbonyl (C=O) groups excluding carboxylic acids is 1. The second kappa shape index (κ2) is 7.85. The van der Waals surface area contributed by atoms with E-state index in [1.54, 1.807) is 34.4 Å². The van der Waals surface area contributed by atoms with Gasteiger partial charge in [0.05, 0.1) is 17.5 Å². The number of rotatable bonds is 3. The molecule has 0 radical (unpaired) electrons. The van der Waals surface area contributed by atoms with E-state index in [-0.39, 0.29) is 17.2 Å². The number of aryl methyl sites for hydroxylation is 2. The smallest absolute Gasteiger partial charge is 0.259 e. The largest absolute Gasteiger partial charge is 0.507 e. The minimum absolute atomic E-state index is 0.0126. The summed E-state index contributed by atoms with van der Waals surface area (Å²) in [5, 5.41) is 10.7. The maximum Gasteiger partial charge on any atom is 0.259 e. The fourth-order valence-corrected chi connectivity index (χ4v) is 5.71. The molecule has 30 heavy (non-hydrogen) atoms. The van der Waals surface area contributed by atoms with E-state index in [0.717, 1.165) is 29.5 Å². The zero-order valence-corrected chi connectivity index (χ0v) is 17.5. The molecule has 1 aliphatic carbocycles. The summed E-state index contributed by atoms with van der Waals surface area (Å²) in [6.45, 7) is 3.11. The molecule has 1 fully saturated rings. The number of phenols is 1. The van der Waals surface area contributed by atoms with Crippen LogP contribution in [0.2, 0.25) is 0 Å². The fourth-order valence-electron chi connectivity index (χ4n) is 4.43. The van der Waals surface area contributed by atoms with Gasteiger partial charge < -0.3 is 15.0 Å². The zero-order valence-electron chi connectivity index (χ0n) is 16.7. The normalized spacial score (nSPS) is 17.3. The van der Waals surface area contributed by atoms with E-state index in [0.29, 0.717) is 44.1 Å². The van der Waals surface area contributed by atoms with Crippen LogP contribution >= 0.6 is 11.3 Å². The number of hydrogen-bond donors (Lipinski definition) is 2. The number of para-hydroxylation sites is 1. The molecule has 0 atom stereocenters. The van der Waals surface area contributed by atoms with Gasteiger partial charge in [0.25, 0.3) is 11.5 Å². The Morgan fingerprint density at radius 1 is 1.13 bits per heavy atom. The van der Waals surface area contributed by atoms with Crippen LogP contribution in [0.25, 0.3) is 10.2 Å². The van der Waals surface area contributed by atoms with Gasteiger partial charge in [0, 0.05) is 31.1 Å². The Hall–Kier alpha value is -2.71. The van der Waals surface area contributed by atoms with Gasteiger partial charge in [-0.3, -0.25) is 14.5 Å². The molecule has 1 aromatic carbocycles. The molecule has 1 amide bonds. The Balaban J connectivity index is 1.28. The van der Waals surface area contributed by atoms with Gasteiger partial charge in [-0.25, -0.2) is 4.98 Å². The minimum Gasteiger partial charge on any atom is -0.507 e. The van der Waals surface area contributed by atoms with Gasteiger partial charge in [0.2, 0.25) is 0 Å². The Morgan fingerprint density at radius 3 is 2.70 bits per heavy atom. The molecule has 0 unspecified atom stereocenters. The van der Waals surface area contributed by atoms with Gasteiger partial charge in [-0.05, 0) is 43.4 Å². The van der Waals surface area contributed by atoms with E-state index < -0.39 is 0 Å². The van der Waals surface area contributed by atoms with Crippen LogP contribution in [0.1, 0.15) is 39.5 Å². The van der Waals surface area contributed by atoms with Crippen molar-refractivity contribution in [3.05, 3.63) is 56.4 Å². The van der Waals surface area contributed by atoms with Crippen molar-refractivity contribution < 1.29 is 9.90 Å². The number of hydrogen-bond acceptors (Lipinski definition) is 6. The number of phenolic OH excluding ortho intramolecular Hbond substituents is 1. The summed E-state index contributed by atoms with van der Waals surface area (Å²) in [6.07, 6.45) is 4.36. The Morgan fingerprint density at radius 2 is 1.90 bits per heavy atom. The van der Waals surface area contributed by atoms with Gasteiger partial charge in [0.15, 0.2) is 0 Å². The van der Waals surface area contributed by atoms with Crippen molar-refractivity contribution in [1.82, 2.24) is 19.8 Å². The third-order valence-electron chi connectivity index (χ3n) is 6.04. The second-order valence-corrected chi connectivity index (χ2v) is 9.07. The number of H-pyrrole nitrogens is 1. The van der Waals surface area contributed by atoms with Crippen LogP contribution in [-0.4, -0.2) is 57.0 Å². The van der Waals surface area contributed by atoms with Crippen molar-refractivity contribution in [2.75, 3.05) is 26.2 Å². The molecule has 3 heterocycles. The molecule has 2 aliphatic rings. The average Bonchev–Trinajstić information content (AvgIpc) is 3.13. The number of nitrogens with one attached hydrogen (secondary N) is 1. The molecular formula is C22H24N4O3S. The standard InChI is InChI=1S/C22H24N4O3S/c27-16-7-3-1-5-14(16)22(29)26-11-9-25(10-12-26)13-18-23-20(28)19-15-6-2-4-8-17(15)30-21(19)24-18/h1,3,5,7,27H,2,4,6,8-13H2,(H,23,24,28). The maximum absolute atomic E-state index is 12.7. The fraction of sp³-hybridized carbons (Fsp3) is 0.409. The van der Waals surface area contributed by atoms with Crippen LogP contribution in [0.5, 0.6) is 5.75 Å². The van der Waals surface area contributed by atoms with Crippen LogP contribution in [0.3, 0.4) is 0 Å². The summed E-state index contributed by atoms with van der Waals surface area (Å²) in [6, 6.07) is 6.64. The van der Waals surface area contributed by atoms with Gasteiger partial charge in [0.1, 0.15) is 16.4 Å². The highest BCUT2D eigenvalue weighted by molar-refractivity contribution is 7.18. The topological polar surface area (TPSA) is 89.5 Å². The first-order valence-electron chi connectivity index (χ1n) is 10.4. The van der Waals surface area contributed by atoms with Crippen molar-refractivity contribution in [1.29, 1.82) is 0 Å². The maximum atomic E-state index is 12.7. The molecule has 7 nitrogen and oxygen atoms in total. The summed E-state index contributed by atoms with van der Waals surface area (Å²) in [5.74, 6) is 0.551. The van der Waals surface area contributed by atoms with Crippen LogP contribution in [-0.2, 0) is 19.4 Å². The first-order valence-corrected chi connectivity index (χ1v) is 11.2. The third-order valence-corrected chi connectivity index (χ3v) is 7.23. The Kier molecular flexibility index (Phi) is 5.04. The summed E-state index contributed by atoms with van der Waals surface area (Å²) in [5.41, 5.74) is 1.52. The van der Waals surface area contributed by atoms with E-state index in [1.165, 1.54) is 22.9 Å². The summed E-state index contributed by atoms with van der Waals surface area (Å²) in [4.78, 5) is 39.3. The molecular weight excluding hydrogens is 400 g/mol. The van der Waals surface area contributed by atoms with E-state index >= 15 is 0 Å². The molecule has 3 aromatic rings. The number of amides is 1. The number of carbonyl (C=O) groups is 1. The molecule has 0 bridgehead atoms. The highest BCUT2D eigenvalue weighted by atomic mass is 32.1. The number of piperazine rings is 1. The monoisotopic (exact) mass is 424 g/mol. The van der Waals surface area contributed by atoms with Gasteiger partial charge in [-0.1, -0.05) is 12.1 Å². The van der Waals surface area contributed by atoms with E-state index in [2.05, 4.69) is 9.88 Å². The second-order valence-electron chi connectivity index (χ2n) is 7.99. The molecule has 156 valence electrons. The lowest BCUT2D eigenvalue weighted by Gasteiger charge is -2.34. The molecule has 2 N–H and O–H groups in total. The van der Waals surface area contributed by atoms with Crippen LogP contribution in [0.15, 0.2) is 29.1 Å². The van der Waals surface area contributed by atoms with Crippen molar-refractivity contribution in [3.8, 4) is 5.75 Å². The quantitative estimate of drug-likeness (QED) is 0.674. The molecule has 0 spiro atoms. The first-order chi connectivity index (χ1) is 14.6. The molecule has 5 rings (SSSR count). The van der Waals surface area contributed by atoms with E-state index in [4.69, 9.17) is 4.98 Å². The number of aromatic nitrogens is 2. The number of aromatic amines is 1. The lowest BCUT2D eigenvalue weighted by Crippen LogP contribution is -2.48. The van der Waals surface area contributed by atoms with E-state index in [9.17, 15) is 14.7 Å². The van der Waals surface area contributed by atoms with Crippen LogP contribution in [0.4, 0.5) is 0 Å². The molecule has 0 saturated carbocycles. The predicted octanol–water partition coefficient (Wildman–Crippen LogP) is 2.53. The van der Waals surface area contributed by atoms with Crippen molar-refractivity contribution in [3.63, 3.8) is 0 Å². The predicted molar refractivity (Wildman–Crippen MR) is 116 cm³/mol. The van der Waals surface area contributed by atoms with Crippen molar-refractivity contribution >= 4 is 27.5 Å². The first kappa shape index (κ1) is 19.3. The van der Waals surface area contributed by atoms with E-state index in [1.807, 2.05) is 0 Å². The lowest BCUT2D eigenvalue weighted by molar-refractivity contribution is 0.0622. The number of thiophene rings is 1. The summed E-state index contributed by atoms with van der Waals surface area (Å²) in [7, 11) is 0. The molecule has 1 saturated heterocycles. The third kappa shape index (κ3) is 3.50. The Labute approximate surface area is 178 Å². The van der Waals surface area contributed by atoms with Gasteiger partial charge in [-0.2, -0.15) is 0 Å². The lowest BCUT2D eigenvalue weighted by atomic mass is 9.97. The van der Waals surface area contributed by atoms with Crippen molar-refractivity contribution in [2.24, 2.45) is 0 Å². The SMILES string of the molecule is O=C(c1ccccc1O)N1CCN(Cc2nc3sc4c(c3c(=O)[nH]2)CCCC4)CC1. The highest BCUT2D eigenvalue weighted by Gasteiger charge is 2.25. The summed E-state index contributed by atoms with van der Waals surface area (Å²) >= 11 is 1.67. The number of benzene rings is 1. The number of nitrogens with zero attached hydrogens (tertiary/aromatic N) is 3. The Bertz CT molecular complexity index is 1160. The minimum atomic E-state index is -0.148. The van der Waals surface area contributed by atoms with Crippen molar-refractivity contribution in [2.45, 2.75) is 32.2 Å². The molecule has 8 heteroatoms. The number of fused-ring (bicyclic) bond motifs is 3. The highest BCUT2D eigenvalue weighted by Crippen LogP contribution is 2.33. The van der Waals surface area contributed by atoms with Crippen LogP contribution in [0, 0.1) is 0 Å². The number of aromatic hydroxyl groups is 1. The molecule has 1 aliphatic heterocycles. The summed E-state index contributed by atoms with van der Waals surface area (Å²) < 4.78 is 0. The zero-order chi connectivity index (χ0) is 20.7. The average molecular weight is 425 g/mol. The van der Waals surface area contributed by atoms with Gasteiger partial charge >= 0.3 is 0 Å². The van der Waals surface area contributed by atoms with Crippen LogP contribution < -0.4 is 5.56 Å².